The van der Waals surface area contributed by atoms with Gasteiger partial charge in [0.05, 0.1) is 12.7 Å². The van der Waals surface area contributed by atoms with Crippen molar-refractivity contribution in [1.82, 2.24) is 0 Å². The summed E-state index contributed by atoms with van der Waals surface area (Å²) in [5, 5.41) is 14.3. The molecule has 0 amide bonds. The van der Waals surface area contributed by atoms with E-state index in [0.717, 1.165) is 16.7 Å². The van der Waals surface area contributed by atoms with Crippen molar-refractivity contribution in [3.05, 3.63) is 96.8 Å². The van der Waals surface area contributed by atoms with Crippen LogP contribution in [0, 0.1) is 0 Å². The number of fused-ring (bicyclic) bond motifs is 1. The molecule has 1 fully saturated rings. The van der Waals surface area contributed by atoms with Crippen LogP contribution in [0.1, 0.15) is 39.1 Å². The van der Waals surface area contributed by atoms with Crippen LogP contribution in [0.5, 0.6) is 0 Å². The highest BCUT2D eigenvalue weighted by Gasteiger charge is 2.51. The predicted octanol–water partition coefficient (Wildman–Crippen LogP) is 5.20. The lowest BCUT2D eigenvalue weighted by atomic mass is 10.1. The summed E-state index contributed by atoms with van der Waals surface area (Å²) in [7, 11) is -2.69. The number of aliphatic hydroxyl groups is 1. The highest BCUT2D eigenvalue weighted by molar-refractivity contribution is 6.99. The van der Waals surface area contributed by atoms with E-state index < -0.39 is 20.5 Å². The lowest BCUT2D eigenvalue weighted by Gasteiger charge is -2.43. The molecule has 34 heavy (non-hydrogen) atoms. The fourth-order valence-electron chi connectivity index (χ4n) is 5.19. The zero-order valence-electron chi connectivity index (χ0n) is 20.0. The summed E-state index contributed by atoms with van der Waals surface area (Å²) in [6.07, 6.45) is -0.819. The average Bonchev–Trinajstić information content (AvgIpc) is 3.43. The van der Waals surface area contributed by atoms with Gasteiger partial charge in [0.25, 0.3) is 8.32 Å². The molecule has 0 bridgehead atoms. The van der Waals surface area contributed by atoms with Gasteiger partial charge in [-0.15, -0.1) is 0 Å². The zero-order chi connectivity index (χ0) is 23.8. The van der Waals surface area contributed by atoms with Crippen molar-refractivity contribution in [2.45, 2.75) is 50.5 Å². The third-order valence-corrected chi connectivity index (χ3v) is 11.9. The molecule has 4 nitrogen and oxygen atoms in total. The Morgan fingerprint density at radius 3 is 2.06 bits per heavy atom. The number of rotatable bonds is 6. The van der Waals surface area contributed by atoms with E-state index in [1.165, 1.54) is 10.4 Å². The third kappa shape index (κ3) is 4.14. The number of hydrogen-bond donors (Lipinski definition) is 1. The lowest BCUT2D eigenvalue weighted by molar-refractivity contribution is -0.0236. The normalized spacial score (nSPS) is 21.2. The standard InChI is InChI=1S/C29H32O4Si/c1-29(2,3)34(22-13-6-4-7-14-22,23-15-8-5-9-16-23)31-20-28-24(30)19-27(33-28)26-18-21-12-10-11-17-25(21)32-26/h4-18,24,27-28,30H,19-20H2,1-3H3/t24-,27+,28+/m0/s1. The molecule has 1 N–H and O–H groups in total. The SMILES string of the molecule is CC(C)(C)[Si](OC[C@H]1O[C@@H](c2cc3ccccc3o2)C[C@@H]1O)(c1ccccc1)c1ccccc1. The van der Waals surface area contributed by atoms with Crippen LogP contribution in [0.3, 0.4) is 0 Å². The van der Waals surface area contributed by atoms with E-state index >= 15 is 0 Å². The number of aliphatic hydroxyl groups excluding tert-OH is 1. The number of ether oxygens (including phenoxy) is 1. The number of para-hydroxylation sites is 1. The van der Waals surface area contributed by atoms with Gasteiger partial charge in [0.2, 0.25) is 0 Å². The highest BCUT2D eigenvalue weighted by atomic mass is 28.4. The number of hydrogen-bond acceptors (Lipinski definition) is 4. The molecule has 3 aromatic carbocycles. The van der Waals surface area contributed by atoms with E-state index in [-0.39, 0.29) is 11.1 Å². The van der Waals surface area contributed by atoms with Gasteiger partial charge in [-0.3, -0.25) is 0 Å². The first-order chi connectivity index (χ1) is 16.4. The molecule has 5 rings (SSSR count). The maximum atomic E-state index is 10.9. The Balaban J connectivity index is 1.43. The van der Waals surface area contributed by atoms with Gasteiger partial charge in [-0.2, -0.15) is 0 Å². The second-order valence-electron chi connectivity index (χ2n) is 10.1. The second kappa shape index (κ2) is 9.15. The smallest absolute Gasteiger partial charge is 0.261 e. The molecular weight excluding hydrogens is 440 g/mol. The van der Waals surface area contributed by atoms with Gasteiger partial charge >= 0.3 is 0 Å². The first-order valence-electron chi connectivity index (χ1n) is 12.0. The summed E-state index contributed by atoms with van der Waals surface area (Å²) in [5.74, 6) is 0.758. The minimum Gasteiger partial charge on any atom is -0.458 e. The van der Waals surface area contributed by atoms with Gasteiger partial charge < -0.3 is 18.7 Å². The molecule has 0 radical (unpaired) electrons. The summed E-state index contributed by atoms with van der Waals surface area (Å²) in [6.45, 7) is 7.08. The molecule has 5 heteroatoms. The van der Waals surface area contributed by atoms with Gasteiger partial charge in [-0.05, 0) is 27.5 Å². The fraction of sp³-hybridized carbons (Fsp3) is 0.310. The van der Waals surface area contributed by atoms with Crippen LogP contribution < -0.4 is 10.4 Å². The van der Waals surface area contributed by atoms with E-state index in [1.54, 1.807) is 0 Å². The molecule has 4 aromatic rings. The van der Waals surface area contributed by atoms with E-state index in [9.17, 15) is 5.11 Å². The summed E-state index contributed by atoms with van der Waals surface area (Å²) >= 11 is 0. The minimum absolute atomic E-state index is 0.128. The van der Waals surface area contributed by atoms with E-state index in [2.05, 4.69) is 69.3 Å². The van der Waals surface area contributed by atoms with Gasteiger partial charge in [0.15, 0.2) is 0 Å². The molecule has 0 saturated carbocycles. The van der Waals surface area contributed by atoms with Crippen LogP contribution in [-0.2, 0) is 9.16 Å². The Hall–Kier alpha value is -2.70. The molecule has 1 aliphatic rings. The monoisotopic (exact) mass is 472 g/mol. The van der Waals surface area contributed by atoms with Crippen LogP contribution in [0.4, 0.5) is 0 Å². The highest BCUT2D eigenvalue weighted by Crippen LogP contribution is 2.39. The Labute approximate surface area is 202 Å². The van der Waals surface area contributed by atoms with E-state index in [0.29, 0.717) is 13.0 Å². The second-order valence-corrected chi connectivity index (χ2v) is 14.4. The molecule has 3 atom stereocenters. The molecule has 1 aliphatic heterocycles. The van der Waals surface area contributed by atoms with Crippen molar-refractivity contribution in [3.8, 4) is 0 Å². The van der Waals surface area contributed by atoms with Crippen LogP contribution >= 0.6 is 0 Å². The summed E-state index contributed by atoms with van der Waals surface area (Å²) < 4.78 is 19.3. The van der Waals surface area contributed by atoms with Crippen LogP contribution in [0.2, 0.25) is 5.04 Å². The molecule has 0 unspecified atom stereocenters. The fourth-order valence-corrected chi connectivity index (χ4v) is 9.76. The molecule has 2 heterocycles. The largest absolute Gasteiger partial charge is 0.458 e. The van der Waals surface area contributed by atoms with Crippen molar-refractivity contribution in [3.63, 3.8) is 0 Å². The summed E-state index contributed by atoms with van der Waals surface area (Å²) in [6, 6.07) is 31.0. The maximum absolute atomic E-state index is 10.9. The minimum atomic E-state index is -2.69. The van der Waals surface area contributed by atoms with Crippen molar-refractivity contribution >= 4 is 29.7 Å². The topological polar surface area (TPSA) is 51.8 Å². The van der Waals surface area contributed by atoms with Crippen molar-refractivity contribution in [2.75, 3.05) is 6.61 Å². The number of furan rings is 1. The maximum Gasteiger partial charge on any atom is 0.261 e. The number of benzene rings is 3. The zero-order valence-corrected chi connectivity index (χ0v) is 21.0. The van der Waals surface area contributed by atoms with E-state index in [4.69, 9.17) is 13.6 Å². The summed E-state index contributed by atoms with van der Waals surface area (Å²) in [5.41, 5.74) is 0.836. The van der Waals surface area contributed by atoms with Crippen LogP contribution in [0.15, 0.2) is 95.4 Å². The summed E-state index contributed by atoms with van der Waals surface area (Å²) in [4.78, 5) is 0. The Morgan fingerprint density at radius 1 is 0.882 bits per heavy atom. The molecule has 1 saturated heterocycles. The first kappa shape index (κ1) is 23.1. The molecule has 0 aliphatic carbocycles. The van der Waals surface area contributed by atoms with E-state index in [1.807, 2.05) is 42.5 Å². The Morgan fingerprint density at radius 2 is 1.47 bits per heavy atom. The molecular formula is C29H32O4Si. The average molecular weight is 473 g/mol. The quantitative estimate of drug-likeness (QED) is 0.392. The Bertz CT molecular complexity index is 1160. The molecule has 1 aromatic heterocycles. The van der Waals surface area contributed by atoms with Crippen LogP contribution in [-0.4, -0.2) is 32.2 Å². The van der Waals surface area contributed by atoms with Gasteiger partial charge in [0, 0.05) is 11.8 Å². The molecule has 176 valence electrons. The first-order valence-corrected chi connectivity index (χ1v) is 13.9. The molecule has 0 spiro atoms. The van der Waals surface area contributed by atoms with Gasteiger partial charge in [0.1, 0.15) is 23.6 Å². The Kier molecular flexibility index (Phi) is 6.21. The lowest BCUT2D eigenvalue weighted by Crippen LogP contribution is -2.67. The third-order valence-electron chi connectivity index (χ3n) is 6.87. The van der Waals surface area contributed by atoms with Crippen molar-refractivity contribution in [2.24, 2.45) is 0 Å². The van der Waals surface area contributed by atoms with Crippen molar-refractivity contribution in [1.29, 1.82) is 0 Å². The van der Waals surface area contributed by atoms with Gasteiger partial charge in [-0.25, -0.2) is 0 Å². The predicted molar refractivity (Wildman–Crippen MR) is 138 cm³/mol. The van der Waals surface area contributed by atoms with Gasteiger partial charge in [-0.1, -0.05) is 99.6 Å². The van der Waals surface area contributed by atoms with Crippen LogP contribution in [0.25, 0.3) is 11.0 Å². The van der Waals surface area contributed by atoms with Crippen molar-refractivity contribution < 1.29 is 18.7 Å².